The van der Waals surface area contributed by atoms with Gasteiger partial charge in [0.2, 0.25) is 0 Å². The van der Waals surface area contributed by atoms with Crippen LogP contribution in [0.15, 0.2) is 0 Å². The summed E-state index contributed by atoms with van der Waals surface area (Å²) in [5.41, 5.74) is 0. The topological polar surface area (TPSA) is 155 Å². The van der Waals surface area contributed by atoms with Crippen LogP contribution in [-0.4, -0.2) is 37.0 Å². The van der Waals surface area contributed by atoms with Crippen molar-refractivity contribution in [3.8, 4) is 0 Å². The largest absolute Gasteiger partial charge is 0.481 e. The second kappa shape index (κ2) is 6.68. The Morgan fingerprint density at radius 1 is 1.13 bits per heavy atom. The second-order valence-corrected chi connectivity index (χ2v) is 4.32. The van der Waals surface area contributed by atoms with Gasteiger partial charge in [0, 0.05) is 6.42 Å². The Morgan fingerprint density at radius 3 is 1.47 bits per heavy atom. The van der Waals surface area contributed by atoms with E-state index < -0.39 is 26.8 Å². The molecule has 0 unspecified atom stereocenters. The van der Waals surface area contributed by atoms with Crippen molar-refractivity contribution in [3.05, 3.63) is 0 Å². The average molecular weight is 266 g/mol. The lowest BCUT2D eigenvalue weighted by atomic mass is 10.4. The molecule has 0 saturated heterocycles. The summed E-state index contributed by atoms with van der Waals surface area (Å²) < 4.78 is 55.6. The molecular formula is C4H10O9S2. The Morgan fingerprint density at radius 2 is 1.47 bits per heavy atom. The van der Waals surface area contributed by atoms with Crippen molar-refractivity contribution in [3.63, 3.8) is 0 Å². The van der Waals surface area contributed by atoms with Gasteiger partial charge in [0.05, 0.1) is 0 Å². The predicted octanol–water partition coefficient (Wildman–Crippen LogP) is -0.520. The van der Waals surface area contributed by atoms with Crippen LogP contribution in [0.1, 0.15) is 19.8 Å². The molecule has 0 aliphatic carbocycles. The monoisotopic (exact) mass is 266 g/mol. The Bertz CT molecular complexity index is 346. The number of rotatable bonds is 4. The van der Waals surface area contributed by atoms with E-state index in [-0.39, 0.29) is 0 Å². The summed E-state index contributed by atoms with van der Waals surface area (Å²) in [6.45, 7) is 1.84. The maximum absolute atomic E-state index is 9.60. The minimum Gasteiger partial charge on any atom is -0.481 e. The van der Waals surface area contributed by atoms with Crippen LogP contribution in [0.2, 0.25) is 0 Å². The summed E-state index contributed by atoms with van der Waals surface area (Å²) in [4.78, 5) is 9.60. The molecule has 15 heavy (non-hydrogen) atoms. The Hall–Kier alpha value is -0.750. The minimum atomic E-state index is -5.12. The molecule has 0 atom stereocenters. The van der Waals surface area contributed by atoms with Gasteiger partial charge in [-0.1, -0.05) is 6.92 Å². The zero-order valence-corrected chi connectivity index (χ0v) is 9.15. The van der Waals surface area contributed by atoms with Gasteiger partial charge >= 0.3 is 26.8 Å². The first-order valence-corrected chi connectivity index (χ1v) is 6.08. The zero-order valence-electron chi connectivity index (χ0n) is 7.52. The van der Waals surface area contributed by atoms with E-state index in [9.17, 15) is 21.6 Å². The van der Waals surface area contributed by atoms with Gasteiger partial charge in [0.25, 0.3) is 0 Å². The Balaban J connectivity index is 0. The summed E-state index contributed by atoms with van der Waals surface area (Å²) in [5, 5.41) is 7.91. The van der Waals surface area contributed by atoms with Crippen molar-refractivity contribution in [2.24, 2.45) is 0 Å². The number of carboxylic acids is 1. The van der Waals surface area contributed by atoms with E-state index in [2.05, 4.69) is 3.63 Å². The van der Waals surface area contributed by atoms with Crippen LogP contribution >= 0.6 is 0 Å². The SMILES string of the molecule is CCCC(=O)O.O=S(=O)(O)OS(=O)(=O)O. The van der Waals surface area contributed by atoms with Crippen LogP contribution in [0.4, 0.5) is 0 Å². The molecular weight excluding hydrogens is 256 g/mol. The summed E-state index contributed by atoms with van der Waals surface area (Å²) in [6, 6.07) is 0. The van der Waals surface area contributed by atoms with Crippen LogP contribution < -0.4 is 0 Å². The highest BCUT2D eigenvalue weighted by Crippen LogP contribution is 1.91. The molecule has 0 aromatic rings. The summed E-state index contributed by atoms with van der Waals surface area (Å²) in [6.07, 6.45) is 1.02. The quantitative estimate of drug-likeness (QED) is 0.569. The van der Waals surface area contributed by atoms with Crippen molar-refractivity contribution in [1.82, 2.24) is 0 Å². The van der Waals surface area contributed by atoms with Crippen molar-refractivity contribution in [2.75, 3.05) is 0 Å². The minimum absolute atomic E-state index is 0.292. The summed E-state index contributed by atoms with van der Waals surface area (Å²) >= 11 is 0. The lowest BCUT2D eigenvalue weighted by molar-refractivity contribution is -0.137. The molecule has 0 aromatic carbocycles. The van der Waals surface area contributed by atoms with E-state index in [4.69, 9.17) is 14.2 Å². The molecule has 0 aliphatic heterocycles. The fourth-order valence-corrected chi connectivity index (χ4v) is 1.19. The molecule has 0 aliphatic rings. The van der Waals surface area contributed by atoms with Crippen LogP contribution in [-0.2, 0) is 29.2 Å². The fourth-order valence-electron chi connectivity index (χ4n) is 0.323. The maximum Gasteiger partial charge on any atom is 0.413 e. The Labute approximate surface area is 86.6 Å². The zero-order chi connectivity index (χ0) is 12.7. The van der Waals surface area contributed by atoms with E-state index in [1.54, 1.807) is 0 Å². The van der Waals surface area contributed by atoms with Crippen molar-refractivity contribution in [1.29, 1.82) is 0 Å². The van der Waals surface area contributed by atoms with Gasteiger partial charge in [0.15, 0.2) is 0 Å². The fraction of sp³-hybridized carbons (Fsp3) is 0.750. The molecule has 0 radical (unpaired) electrons. The second-order valence-electron chi connectivity index (χ2n) is 2.07. The van der Waals surface area contributed by atoms with E-state index in [1.165, 1.54) is 0 Å². The average Bonchev–Trinajstić information content (AvgIpc) is 1.77. The van der Waals surface area contributed by atoms with Crippen molar-refractivity contribution in [2.45, 2.75) is 19.8 Å². The van der Waals surface area contributed by atoms with Gasteiger partial charge in [-0.05, 0) is 6.42 Å². The number of aliphatic carboxylic acids is 1. The Kier molecular flexibility index (Phi) is 7.43. The predicted molar refractivity (Wildman–Crippen MR) is 46.7 cm³/mol. The van der Waals surface area contributed by atoms with Crippen LogP contribution in [0.25, 0.3) is 0 Å². The molecule has 3 N–H and O–H groups in total. The highest BCUT2D eigenvalue weighted by Gasteiger charge is 2.15. The van der Waals surface area contributed by atoms with Gasteiger partial charge in [-0.25, -0.2) is 0 Å². The van der Waals surface area contributed by atoms with E-state index in [0.29, 0.717) is 6.42 Å². The summed E-state index contributed by atoms with van der Waals surface area (Å²) in [5.74, 6) is -0.711. The third-order valence-electron chi connectivity index (χ3n) is 0.636. The van der Waals surface area contributed by atoms with E-state index >= 15 is 0 Å². The smallest absolute Gasteiger partial charge is 0.413 e. The van der Waals surface area contributed by atoms with Crippen molar-refractivity contribution >= 4 is 26.8 Å². The van der Waals surface area contributed by atoms with Crippen LogP contribution in [0.3, 0.4) is 0 Å². The molecule has 0 aromatic heterocycles. The molecule has 0 rings (SSSR count). The van der Waals surface area contributed by atoms with Gasteiger partial charge < -0.3 is 5.11 Å². The van der Waals surface area contributed by atoms with Gasteiger partial charge in [0.1, 0.15) is 0 Å². The summed E-state index contributed by atoms with van der Waals surface area (Å²) in [7, 11) is -10.2. The van der Waals surface area contributed by atoms with Crippen LogP contribution in [0, 0.1) is 0 Å². The van der Waals surface area contributed by atoms with Crippen molar-refractivity contribution < 1.29 is 39.5 Å². The van der Waals surface area contributed by atoms with E-state index in [0.717, 1.165) is 6.42 Å². The number of hydrogen-bond acceptors (Lipinski definition) is 6. The third-order valence-corrected chi connectivity index (χ3v) is 2.01. The standard InChI is InChI=1S/C4H8O2.H2O7S2/c1-2-3-4(5)6;1-8(2,3)7-9(4,5)6/h2-3H2,1H3,(H,5,6);(H,1,2,3)(H,4,5,6). The highest BCUT2D eigenvalue weighted by molar-refractivity contribution is 7.94. The molecule has 11 heteroatoms. The lowest BCUT2D eigenvalue weighted by Gasteiger charge is -1.89. The maximum atomic E-state index is 9.60. The first-order valence-electron chi connectivity index (χ1n) is 3.35. The molecule has 0 spiro atoms. The highest BCUT2D eigenvalue weighted by atomic mass is 32.3. The number of carboxylic acid groups (broad SMARTS) is 1. The first kappa shape index (κ1) is 16.7. The molecule has 0 heterocycles. The van der Waals surface area contributed by atoms with E-state index in [1.807, 2.05) is 6.92 Å². The molecule has 0 amide bonds. The molecule has 0 fully saturated rings. The van der Waals surface area contributed by atoms with Crippen LogP contribution in [0.5, 0.6) is 0 Å². The van der Waals surface area contributed by atoms with Gasteiger partial charge in [-0.15, -0.1) is 3.63 Å². The first-order chi connectivity index (χ1) is 6.48. The van der Waals surface area contributed by atoms with Gasteiger partial charge in [-0.3, -0.25) is 13.9 Å². The normalized spacial score (nSPS) is 11.4. The van der Waals surface area contributed by atoms with Gasteiger partial charge in [-0.2, -0.15) is 16.8 Å². The molecule has 0 saturated carbocycles. The number of hydrogen-bond donors (Lipinski definition) is 3. The molecule has 9 nitrogen and oxygen atoms in total. The molecule has 92 valence electrons. The third kappa shape index (κ3) is 24.6. The number of carbonyl (C=O) groups is 1. The molecule has 0 bridgehead atoms. The lowest BCUT2D eigenvalue weighted by Crippen LogP contribution is -2.10.